The third-order valence-corrected chi connectivity index (χ3v) is 2.76. The van der Waals surface area contributed by atoms with Crippen molar-refractivity contribution in [3.63, 3.8) is 0 Å². The Bertz CT molecular complexity index is 520. The smallest absolute Gasteiger partial charge is 0.446 e. The second-order valence-electron chi connectivity index (χ2n) is 3.34. The number of hydrogen-bond donors (Lipinski definition) is 0. The highest BCUT2D eigenvalue weighted by atomic mass is 32.2. The van der Waals surface area contributed by atoms with Gasteiger partial charge in [-0.3, -0.25) is 0 Å². The first kappa shape index (κ1) is 14.4. The second kappa shape index (κ2) is 5.31. The zero-order valence-electron chi connectivity index (χ0n) is 9.46. The maximum Gasteiger partial charge on any atom is 0.446 e. The number of alkyl halides is 3. The van der Waals surface area contributed by atoms with Crippen LogP contribution in [0, 0.1) is 18.3 Å². The third kappa shape index (κ3) is 3.40. The average molecular weight is 275 g/mol. The molecule has 0 aliphatic carbocycles. The molecular weight excluding hydrogens is 267 g/mol. The van der Waals surface area contributed by atoms with E-state index in [1.807, 2.05) is 0 Å². The van der Waals surface area contributed by atoms with Crippen molar-refractivity contribution in [3.05, 3.63) is 28.8 Å². The minimum absolute atomic E-state index is 0.160. The van der Waals surface area contributed by atoms with Crippen LogP contribution in [0.4, 0.5) is 13.2 Å². The normalized spacial score (nSPS) is 10.9. The van der Waals surface area contributed by atoms with Crippen LogP contribution < -0.4 is 0 Å². The Morgan fingerprint density at radius 1 is 1.44 bits per heavy atom. The summed E-state index contributed by atoms with van der Waals surface area (Å²) >= 11 is -0.422. The Morgan fingerprint density at radius 2 is 2.06 bits per heavy atom. The number of halogens is 3. The topological polar surface area (TPSA) is 50.1 Å². The predicted molar refractivity (Wildman–Crippen MR) is 59.1 cm³/mol. The van der Waals surface area contributed by atoms with Gasteiger partial charge >= 0.3 is 11.5 Å². The highest BCUT2D eigenvalue weighted by Crippen LogP contribution is 2.39. The van der Waals surface area contributed by atoms with Crippen molar-refractivity contribution in [2.45, 2.75) is 17.3 Å². The summed E-state index contributed by atoms with van der Waals surface area (Å²) in [5.41, 5.74) is -4.56. The molecule has 0 spiro atoms. The highest BCUT2D eigenvalue weighted by Gasteiger charge is 2.32. The molecular formula is C11H8F3NO2S. The summed E-state index contributed by atoms with van der Waals surface area (Å²) in [4.78, 5) is 11.1. The van der Waals surface area contributed by atoms with Gasteiger partial charge in [-0.2, -0.15) is 18.4 Å². The van der Waals surface area contributed by atoms with E-state index in [0.29, 0.717) is 5.56 Å². The predicted octanol–water partition coefficient (Wildman–Crippen LogP) is 3.27. The standard InChI is InChI=1S/C11H8F3NO2S/c1-6-3-7(10(16)17-2)8(5-15)9(4-6)18-11(12,13)14/h3-4H,1-2H3. The first-order chi connectivity index (χ1) is 8.28. The average Bonchev–Trinajstić information content (AvgIpc) is 2.25. The molecule has 0 unspecified atom stereocenters. The lowest BCUT2D eigenvalue weighted by molar-refractivity contribution is -0.0328. The summed E-state index contributed by atoms with van der Waals surface area (Å²) < 4.78 is 41.5. The van der Waals surface area contributed by atoms with Crippen LogP contribution in [0.15, 0.2) is 17.0 Å². The first-order valence-electron chi connectivity index (χ1n) is 4.67. The van der Waals surface area contributed by atoms with Crippen molar-refractivity contribution in [2.75, 3.05) is 7.11 Å². The van der Waals surface area contributed by atoms with Gasteiger partial charge in [0.15, 0.2) is 0 Å². The molecule has 3 nitrogen and oxygen atoms in total. The lowest BCUT2D eigenvalue weighted by Gasteiger charge is -2.11. The molecule has 1 aromatic rings. The Balaban J connectivity index is 3.39. The Morgan fingerprint density at radius 3 is 2.50 bits per heavy atom. The van der Waals surface area contributed by atoms with Crippen molar-refractivity contribution in [1.29, 1.82) is 5.26 Å². The van der Waals surface area contributed by atoms with Crippen molar-refractivity contribution in [2.24, 2.45) is 0 Å². The quantitative estimate of drug-likeness (QED) is 0.614. The molecule has 0 fully saturated rings. The largest absolute Gasteiger partial charge is 0.465 e. The number of rotatable bonds is 2. The maximum absolute atomic E-state index is 12.3. The van der Waals surface area contributed by atoms with E-state index in [0.717, 1.165) is 7.11 Å². The summed E-state index contributed by atoms with van der Waals surface area (Å²) in [6.45, 7) is 1.54. The molecule has 0 saturated carbocycles. The monoisotopic (exact) mass is 275 g/mol. The fourth-order valence-electron chi connectivity index (χ4n) is 1.34. The fraction of sp³-hybridized carbons (Fsp3) is 0.273. The van der Waals surface area contributed by atoms with Gasteiger partial charge in [0.25, 0.3) is 0 Å². The Labute approximate surface area is 106 Å². The second-order valence-corrected chi connectivity index (χ2v) is 4.44. The van der Waals surface area contributed by atoms with Gasteiger partial charge < -0.3 is 4.74 Å². The molecule has 7 heteroatoms. The molecule has 1 aromatic carbocycles. The molecule has 0 radical (unpaired) electrons. The number of benzene rings is 1. The lowest BCUT2D eigenvalue weighted by atomic mass is 10.1. The van der Waals surface area contributed by atoms with E-state index in [9.17, 15) is 18.0 Å². The molecule has 1 rings (SSSR count). The number of hydrogen-bond acceptors (Lipinski definition) is 4. The van der Waals surface area contributed by atoms with Crippen LogP contribution >= 0.6 is 11.8 Å². The van der Waals surface area contributed by atoms with E-state index in [1.165, 1.54) is 19.1 Å². The number of esters is 1. The van der Waals surface area contributed by atoms with Crippen LogP contribution in [-0.4, -0.2) is 18.6 Å². The van der Waals surface area contributed by atoms with Crippen LogP contribution in [0.3, 0.4) is 0 Å². The van der Waals surface area contributed by atoms with Crippen molar-refractivity contribution < 1.29 is 22.7 Å². The molecule has 0 bridgehead atoms. The van der Waals surface area contributed by atoms with Crippen molar-refractivity contribution >= 4 is 17.7 Å². The van der Waals surface area contributed by atoms with Gasteiger partial charge in [0.1, 0.15) is 6.07 Å². The van der Waals surface area contributed by atoms with Gasteiger partial charge in [-0.05, 0) is 36.4 Å². The van der Waals surface area contributed by atoms with E-state index in [4.69, 9.17) is 5.26 Å². The lowest BCUT2D eigenvalue weighted by Crippen LogP contribution is -2.08. The molecule has 0 amide bonds. The van der Waals surface area contributed by atoms with E-state index < -0.39 is 23.2 Å². The molecule has 0 aromatic heterocycles. The minimum Gasteiger partial charge on any atom is -0.465 e. The van der Waals surface area contributed by atoms with Crippen molar-refractivity contribution in [3.8, 4) is 6.07 Å². The number of aryl methyl sites for hydroxylation is 1. The van der Waals surface area contributed by atoms with Crippen LogP contribution in [-0.2, 0) is 4.74 Å². The molecule has 18 heavy (non-hydrogen) atoms. The first-order valence-corrected chi connectivity index (χ1v) is 5.49. The van der Waals surface area contributed by atoms with Crippen LogP contribution in [0.1, 0.15) is 21.5 Å². The number of nitrogens with zero attached hydrogens (tertiary/aromatic N) is 1. The number of thioether (sulfide) groups is 1. The Kier molecular flexibility index (Phi) is 4.24. The van der Waals surface area contributed by atoms with E-state index >= 15 is 0 Å². The zero-order chi connectivity index (χ0) is 13.9. The van der Waals surface area contributed by atoms with Crippen LogP contribution in [0.5, 0.6) is 0 Å². The van der Waals surface area contributed by atoms with Crippen LogP contribution in [0.2, 0.25) is 0 Å². The van der Waals surface area contributed by atoms with E-state index in [2.05, 4.69) is 4.74 Å². The fourth-order valence-corrected chi connectivity index (χ4v) is 2.10. The number of carbonyl (C=O) groups is 1. The van der Waals surface area contributed by atoms with Gasteiger partial charge in [-0.15, -0.1) is 0 Å². The Hall–Kier alpha value is -1.68. The van der Waals surface area contributed by atoms with Crippen molar-refractivity contribution in [1.82, 2.24) is 0 Å². The molecule has 0 aliphatic rings. The van der Waals surface area contributed by atoms with E-state index in [-0.39, 0.29) is 16.0 Å². The number of nitriles is 1. The molecule has 0 aliphatic heterocycles. The van der Waals surface area contributed by atoms with Gasteiger partial charge in [0.2, 0.25) is 0 Å². The van der Waals surface area contributed by atoms with Gasteiger partial charge in [-0.25, -0.2) is 4.79 Å². The summed E-state index contributed by atoms with van der Waals surface area (Å²) in [6.07, 6.45) is 0. The van der Waals surface area contributed by atoms with Gasteiger partial charge in [0, 0.05) is 4.90 Å². The highest BCUT2D eigenvalue weighted by molar-refractivity contribution is 8.00. The minimum atomic E-state index is -4.52. The number of carbonyl (C=O) groups excluding carboxylic acids is 1. The summed E-state index contributed by atoms with van der Waals surface area (Å²) in [7, 11) is 1.10. The SMILES string of the molecule is COC(=O)c1cc(C)cc(SC(F)(F)F)c1C#N. The van der Waals surface area contributed by atoms with Gasteiger partial charge in [-0.1, -0.05) is 0 Å². The number of ether oxygens (including phenoxy) is 1. The summed E-state index contributed by atoms with van der Waals surface area (Å²) in [5.74, 6) is -0.834. The number of methoxy groups -OCH3 is 1. The van der Waals surface area contributed by atoms with Gasteiger partial charge in [0.05, 0.1) is 18.2 Å². The van der Waals surface area contributed by atoms with Crippen LogP contribution in [0.25, 0.3) is 0 Å². The molecule has 0 atom stereocenters. The summed E-state index contributed by atoms with van der Waals surface area (Å²) in [6, 6.07) is 4.14. The molecule has 0 saturated heterocycles. The molecule has 0 N–H and O–H groups in total. The van der Waals surface area contributed by atoms with E-state index in [1.54, 1.807) is 6.07 Å². The summed E-state index contributed by atoms with van der Waals surface area (Å²) in [5, 5.41) is 8.89. The molecule has 96 valence electrons. The maximum atomic E-state index is 12.3. The zero-order valence-corrected chi connectivity index (χ0v) is 10.3. The third-order valence-electron chi connectivity index (χ3n) is 1.99. The molecule has 0 heterocycles.